The molecule has 0 aromatic carbocycles. The molecule has 11 nitrogen and oxygen atoms in total. The Balaban J connectivity index is 1.37. The fraction of sp³-hybridized carbons (Fsp3) is 0.625. The van der Waals surface area contributed by atoms with Crippen LogP contribution in [0.15, 0.2) is 12.2 Å². The van der Waals surface area contributed by atoms with Crippen LogP contribution in [0.4, 0.5) is 0 Å². The fourth-order valence-corrected chi connectivity index (χ4v) is 3.68. The maximum atomic E-state index is 12.0. The molecule has 1 N–H and O–H groups in total. The van der Waals surface area contributed by atoms with Gasteiger partial charge in [-0.2, -0.15) is 0 Å². The van der Waals surface area contributed by atoms with E-state index in [1.165, 1.54) is 12.2 Å². The van der Waals surface area contributed by atoms with Crippen LogP contribution in [0, 0.1) is 0 Å². The van der Waals surface area contributed by atoms with E-state index in [0.29, 0.717) is 30.9 Å². The van der Waals surface area contributed by atoms with E-state index in [9.17, 15) is 33.6 Å². The minimum absolute atomic E-state index is 0.0652. The van der Waals surface area contributed by atoms with Crippen LogP contribution in [0.3, 0.4) is 0 Å². The first kappa shape index (κ1) is 27.9. The van der Waals surface area contributed by atoms with Gasteiger partial charge in [0.25, 0.3) is 23.6 Å². The van der Waals surface area contributed by atoms with E-state index < -0.39 is 29.6 Å². The second-order valence-corrected chi connectivity index (χ2v) is 8.57. The zero-order valence-corrected chi connectivity index (χ0v) is 19.9. The van der Waals surface area contributed by atoms with Crippen LogP contribution < -0.4 is 5.32 Å². The summed E-state index contributed by atoms with van der Waals surface area (Å²) in [4.78, 5) is 86.9. The van der Waals surface area contributed by atoms with Gasteiger partial charge in [0, 0.05) is 63.8 Å². The molecule has 1 fully saturated rings. The van der Waals surface area contributed by atoms with Gasteiger partial charge in [0.1, 0.15) is 5.78 Å². The van der Waals surface area contributed by atoms with Gasteiger partial charge in [-0.1, -0.05) is 19.3 Å². The Bertz CT molecular complexity index is 833. The third-order valence-corrected chi connectivity index (χ3v) is 5.70. The number of hydrogen-bond donors (Lipinski definition) is 1. The van der Waals surface area contributed by atoms with Gasteiger partial charge in [-0.05, 0) is 25.7 Å². The molecule has 2 aliphatic rings. The number of nitrogens with zero attached hydrogens (tertiary/aromatic N) is 2. The van der Waals surface area contributed by atoms with E-state index in [4.69, 9.17) is 4.84 Å². The van der Waals surface area contributed by atoms with E-state index in [1.807, 2.05) is 0 Å². The molecular weight excluding hydrogens is 458 g/mol. The molecule has 0 radical (unpaired) electrons. The quantitative estimate of drug-likeness (QED) is 0.238. The van der Waals surface area contributed by atoms with Crippen LogP contribution in [-0.2, 0) is 38.4 Å². The molecule has 5 amide bonds. The van der Waals surface area contributed by atoms with Crippen molar-refractivity contribution in [2.75, 3.05) is 13.1 Å². The third-order valence-electron chi connectivity index (χ3n) is 5.70. The van der Waals surface area contributed by atoms with Crippen LogP contribution in [0.5, 0.6) is 0 Å². The summed E-state index contributed by atoms with van der Waals surface area (Å²) in [5.74, 6) is -2.42. The molecule has 0 aliphatic carbocycles. The number of nitrogens with one attached hydrogen (secondary N) is 1. The number of unbranched alkanes of at least 4 members (excludes halogenated alkanes) is 5. The lowest BCUT2D eigenvalue weighted by Crippen LogP contribution is -2.34. The summed E-state index contributed by atoms with van der Waals surface area (Å²) in [5, 5.41) is 3.30. The van der Waals surface area contributed by atoms with Crippen LogP contribution in [0.2, 0.25) is 0 Å². The summed E-state index contributed by atoms with van der Waals surface area (Å²) in [6.45, 7) is 0.547. The van der Waals surface area contributed by atoms with E-state index in [1.54, 1.807) is 0 Å². The normalized spacial score (nSPS) is 15.3. The molecule has 0 aromatic heterocycles. The number of carbonyl (C=O) groups is 7. The standard InChI is InChI=1S/C24H33N3O8/c28-18(8-4-1-2-6-10-24(34)35-27-22(32)13-14-23(27)33)9-5-3-7-16-25-19(29)15-17-26-20(30)11-12-21(26)31/h11-12H,1-10,13-17H2,(H,25,29). The lowest BCUT2D eigenvalue weighted by Gasteiger charge is -2.13. The van der Waals surface area contributed by atoms with E-state index in [2.05, 4.69) is 5.32 Å². The molecular formula is C24H33N3O8. The average molecular weight is 492 g/mol. The van der Waals surface area contributed by atoms with Crippen molar-refractivity contribution in [2.24, 2.45) is 0 Å². The summed E-state index contributed by atoms with van der Waals surface area (Å²) in [6.07, 6.45) is 8.84. The van der Waals surface area contributed by atoms with E-state index in [0.717, 1.165) is 43.4 Å². The molecule has 0 unspecified atom stereocenters. The lowest BCUT2D eigenvalue weighted by atomic mass is 10.0. The second-order valence-electron chi connectivity index (χ2n) is 8.57. The van der Waals surface area contributed by atoms with E-state index >= 15 is 0 Å². The maximum Gasteiger partial charge on any atom is 0.333 e. The third kappa shape index (κ3) is 10.2. The number of ketones is 1. The Hall–Kier alpha value is -3.37. The second kappa shape index (κ2) is 14.8. The number of rotatable bonds is 17. The highest BCUT2D eigenvalue weighted by Gasteiger charge is 2.32. The van der Waals surface area contributed by atoms with Crippen molar-refractivity contribution in [1.29, 1.82) is 0 Å². The smallest absolute Gasteiger partial charge is 0.333 e. The van der Waals surface area contributed by atoms with Crippen LogP contribution in [0.1, 0.15) is 83.5 Å². The lowest BCUT2D eigenvalue weighted by molar-refractivity contribution is -0.197. The van der Waals surface area contributed by atoms with Crippen molar-refractivity contribution in [3.05, 3.63) is 12.2 Å². The zero-order chi connectivity index (χ0) is 25.6. The summed E-state index contributed by atoms with van der Waals surface area (Å²) >= 11 is 0. The molecule has 35 heavy (non-hydrogen) atoms. The number of carbonyl (C=O) groups excluding carboxylic acids is 7. The maximum absolute atomic E-state index is 12.0. The highest BCUT2D eigenvalue weighted by molar-refractivity contribution is 6.13. The monoisotopic (exact) mass is 491 g/mol. The van der Waals surface area contributed by atoms with Crippen LogP contribution in [-0.4, -0.2) is 64.3 Å². The Morgan fingerprint density at radius 1 is 0.743 bits per heavy atom. The molecule has 0 bridgehead atoms. The number of Topliss-reactive ketones (excluding diaryl/α,β-unsaturated/α-hetero) is 1. The SMILES string of the molecule is O=C(CCCCCCC(=O)ON1C(=O)CCC1=O)CCCCCNC(=O)CCN1C(=O)C=CC1=O. The summed E-state index contributed by atoms with van der Waals surface area (Å²) in [7, 11) is 0. The Morgan fingerprint density at radius 3 is 1.89 bits per heavy atom. The van der Waals surface area contributed by atoms with Crippen molar-refractivity contribution >= 4 is 41.3 Å². The van der Waals surface area contributed by atoms with Gasteiger partial charge >= 0.3 is 5.97 Å². The number of amides is 5. The first-order valence-electron chi connectivity index (χ1n) is 12.2. The van der Waals surface area contributed by atoms with Crippen LogP contribution >= 0.6 is 0 Å². The molecule has 2 aliphatic heterocycles. The first-order valence-corrected chi connectivity index (χ1v) is 12.2. The topological polar surface area (TPSA) is 147 Å². The molecule has 0 atom stereocenters. The predicted octanol–water partition coefficient (Wildman–Crippen LogP) is 1.50. The minimum atomic E-state index is -0.602. The Labute approximate surface area is 204 Å². The number of imide groups is 2. The Kier molecular flexibility index (Phi) is 11.8. The molecule has 1 saturated heterocycles. The zero-order valence-electron chi connectivity index (χ0n) is 19.9. The fourth-order valence-electron chi connectivity index (χ4n) is 3.68. The van der Waals surface area contributed by atoms with Crippen molar-refractivity contribution < 1.29 is 38.4 Å². The average Bonchev–Trinajstić information content (AvgIpc) is 3.31. The summed E-state index contributed by atoms with van der Waals surface area (Å²) in [6, 6.07) is 0. The van der Waals surface area contributed by atoms with Gasteiger partial charge in [-0.15, -0.1) is 5.06 Å². The molecule has 2 heterocycles. The van der Waals surface area contributed by atoms with Crippen molar-refractivity contribution in [3.8, 4) is 0 Å². The van der Waals surface area contributed by atoms with Gasteiger partial charge in [0.2, 0.25) is 5.91 Å². The minimum Gasteiger partial charge on any atom is -0.356 e. The summed E-state index contributed by atoms with van der Waals surface area (Å²) < 4.78 is 0. The largest absolute Gasteiger partial charge is 0.356 e. The van der Waals surface area contributed by atoms with Gasteiger partial charge in [0.15, 0.2) is 0 Å². The van der Waals surface area contributed by atoms with Gasteiger partial charge in [0.05, 0.1) is 0 Å². The summed E-state index contributed by atoms with van der Waals surface area (Å²) in [5.41, 5.74) is 0. The van der Waals surface area contributed by atoms with Crippen molar-refractivity contribution in [3.63, 3.8) is 0 Å². The molecule has 2 rings (SSSR count). The Morgan fingerprint density at radius 2 is 1.29 bits per heavy atom. The predicted molar refractivity (Wildman–Crippen MR) is 122 cm³/mol. The highest BCUT2D eigenvalue weighted by atomic mass is 16.7. The van der Waals surface area contributed by atoms with Crippen LogP contribution in [0.25, 0.3) is 0 Å². The highest BCUT2D eigenvalue weighted by Crippen LogP contribution is 2.14. The molecule has 0 aromatic rings. The van der Waals surface area contributed by atoms with Gasteiger partial charge in [-0.25, -0.2) is 4.79 Å². The van der Waals surface area contributed by atoms with E-state index in [-0.39, 0.29) is 43.9 Å². The number of hydrogen-bond acceptors (Lipinski definition) is 8. The first-order chi connectivity index (χ1) is 16.8. The molecule has 11 heteroatoms. The number of hydroxylamine groups is 2. The molecule has 192 valence electrons. The molecule has 0 saturated carbocycles. The van der Waals surface area contributed by atoms with Gasteiger partial charge < -0.3 is 10.2 Å². The van der Waals surface area contributed by atoms with Gasteiger partial charge in [-0.3, -0.25) is 33.7 Å². The molecule has 0 spiro atoms. The van der Waals surface area contributed by atoms with Crippen molar-refractivity contribution in [1.82, 2.24) is 15.3 Å². The van der Waals surface area contributed by atoms with Crippen molar-refractivity contribution in [2.45, 2.75) is 83.5 Å².